The Hall–Kier alpha value is -4.52. The average Bonchev–Trinajstić information content (AvgIpc) is 3.52. The number of hydrogen-bond donors (Lipinski definition) is 2. The standard InChI is InChI=1S/C31H26ClF4N5O4/c1-40(15-18-9-12-37-38-18)27(42)16-5-8-20-24(14-16)41(39-26(20)19-7-6-17(29(44)45)13-23(19)33)28(43)25-21(3-2-4-22(25)32)30(10-11-30)31(34,35)36/h2-4,6-7,9,12-13,16H,5,8,10-11,14-15H2,1H3,(H,37,38)(H,44,45). The Balaban J connectivity index is 1.45. The normalized spacial score (nSPS) is 17.1. The van der Waals surface area contributed by atoms with E-state index in [1.807, 2.05) is 0 Å². The number of nitrogens with one attached hydrogen (secondary N) is 1. The Kier molecular flexibility index (Phi) is 7.54. The van der Waals surface area contributed by atoms with E-state index in [-0.39, 0.29) is 76.8 Å². The van der Waals surface area contributed by atoms with Gasteiger partial charge in [-0.15, -0.1) is 0 Å². The first-order valence-electron chi connectivity index (χ1n) is 14.1. The van der Waals surface area contributed by atoms with E-state index < -0.39 is 35.2 Å². The van der Waals surface area contributed by atoms with Crippen molar-refractivity contribution in [2.24, 2.45) is 5.92 Å². The number of hydrogen-bond acceptors (Lipinski definition) is 5. The summed E-state index contributed by atoms with van der Waals surface area (Å²) in [6.45, 7) is 0.245. The van der Waals surface area contributed by atoms with Crippen LogP contribution in [0.3, 0.4) is 0 Å². The van der Waals surface area contributed by atoms with Crippen molar-refractivity contribution in [1.29, 1.82) is 0 Å². The molecular weight excluding hydrogens is 618 g/mol. The number of aromatic nitrogens is 4. The number of amides is 1. The molecule has 1 unspecified atom stereocenters. The van der Waals surface area contributed by atoms with Crippen molar-refractivity contribution < 1.29 is 37.1 Å². The van der Waals surface area contributed by atoms with Crippen molar-refractivity contribution in [3.05, 3.63) is 93.1 Å². The van der Waals surface area contributed by atoms with Gasteiger partial charge in [0.25, 0.3) is 5.91 Å². The Bertz CT molecular complexity index is 1830. The number of fused-ring (bicyclic) bond motifs is 1. The molecule has 1 amide bonds. The van der Waals surface area contributed by atoms with Gasteiger partial charge in [-0.1, -0.05) is 23.7 Å². The highest BCUT2D eigenvalue weighted by atomic mass is 35.5. The molecule has 2 aromatic heterocycles. The van der Waals surface area contributed by atoms with Crippen molar-refractivity contribution in [2.75, 3.05) is 7.05 Å². The molecule has 0 saturated heterocycles. The van der Waals surface area contributed by atoms with Crippen LogP contribution in [0.1, 0.15) is 62.5 Å². The molecule has 0 bridgehead atoms. The maximum Gasteiger partial charge on any atom is 0.398 e. The molecule has 45 heavy (non-hydrogen) atoms. The zero-order valence-electron chi connectivity index (χ0n) is 23.8. The molecule has 2 aromatic carbocycles. The summed E-state index contributed by atoms with van der Waals surface area (Å²) in [7, 11) is 1.62. The highest BCUT2D eigenvalue weighted by Gasteiger charge is 2.65. The molecule has 14 heteroatoms. The third-order valence-corrected chi connectivity index (χ3v) is 8.98. The van der Waals surface area contributed by atoms with Crippen LogP contribution in [0.5, 0.6) is 0 Å². The number of aromatic carboxylic acids is 1. The molecule has 2 heterocycles. The molecule has 1 atom stereocenters. The number of alkyl halides is 3. The van der Waals surface area contributed by atoms with Crippen LogP contribution in [0.15, 0.2) is 48.7 Å². The molecule has 234 valence electrons. The molecule has 0 aliphatic heterocycles. The molecule has 0 spiro atoms. The maximum atomic E-state index is 15.3. The number of nitrogens with zero attached hydrogens (tertiary/aromatic N) is 4. The van der Waals surface area contributed by atoms with Crippen molar-refractivity contribution in [3.8, 4) is 11.3 Å². The minimum absolute atomic E-state index is 0.000743. The fourth-order valence-electron chi connectivity index (χ4n) is 6.14. The molecule has 2 aliphatic rings. The van der Waals surface area contributed by atoms with Crippen LogP contribution in [-0.4, -0.2) is 61.0 Å². The summed E-state index contributed by atoms with van der Waals surface area (Å²) in [5, 5.41) is 20.2. The zero-order valence-corrected chi connectivity index (χ0v) is 24.5. The Labute approximate surface area is 258 Å². The van der Waals surface area contributed by atoms with E-state index in [1.165, 1.54) is 35.2 Å². The molecule has 0 radical (unpaired) electrons. The third kappa shape index (κ3) is 5.28. The quantitative estimate of drug-likeness (QED) is 0.245. The Morgan fingerprint density at radius 1 is 1.18 bits per heavy atom. The largest absolute Gasteiger partial charge is 0.478 e. The number of carboxylic acid groups (broad SMARTS) is 1. The average molecular weight is 644 g/mol. The molecule has 4 aromatic rings. The van der Waals surface area contributed by atoms with Crippen LogP contribution in [0.2, 0.25) is 5.02 Å². The van der Waals surface area contributed by atoms with Gasteiger partial charge in [0.1, 0.15) is 5.82 Å². The van der Waals surface area contributed by atoms with Crippen LogP contribution in [0, 0.1) is 11.7 Å². The van der Waals surface area contributed by atoms with Gasteiger partial charge in [0.2, 0.25) is 5.91 Å². The summed E-state index contributed by atoms with van der Waals surface area (Å²) >= 11 is 6.41. The first-order valence-corrected chi connectivity index (χ1v) is 14.5. The second kappa shape index (κ2) is 11.1. The predicted molar refractivity (Wildman–Crippen MR) is 153 cm³/mol. The van der Waals surface area contributed by atoms with Crippen molar-refractivity contribution in [1.82, 2.24) is 24.9 Å². The smallest absolute Gasteiger partial charge is 0.398 e. The summed E-state index contributed by atoms with van der Waals surface area (Å²) in [6.07, 6.45) is -2.96. The molecule has 9 nitrogen and oxygen atoms in total. The monoisotopic (exact) mass is 643 g/mol. The van der Waals surface area contributed by atoms with Gasteiger partial charge in [0.05, 0.1) is 45.2 Å². The topological polar surface area (TPSA) is 121 Å². The number of carboxylic acids is 1. The lowest BCUT2D eigenvalue weighted by Crippen LogP contribution is -2.36. The van der Waals surface area contributed by atoms with Crippen LogP contribution in [0.25, 0.3) is 11.3 Å². The highest BCUT2D eigenvalue weighted by Crippen LogP contribution is 2.60. The minimum Gasteiger partial charge on any atom is -0.478 e. The van der Waals surface area contributed by atoms with E-state index in [2.05, 4.69) is 15.3 Å². The molecule has 6 rings (SSSR count). The zero-order chi connectivity index (χ0) is 32.3. The van der Waals surface area contributed by atoms with Gasteiger partial charge >= 0.3 is 12.1 Å². The Morgan fingerprint density at radius 2 is 1.93 bits per heavy atom. The van der Waals surface area contributed by atoms with E-state index in [0.717, 1.165) is 10.7 Å². The van der Waals surface area contributed by atoms with Gasteiger partial charge in [0, 0.05) is 36.7 Å². The van der Waals surface area contributed by atoms with Crippen LogP contribution < -0.4 is 0 Å². The number of aromatic amines is 1. The second-order valence-electron chi connectivity index (χ2n) is 11.4. The van der Waals surface area contributed by atoms with E-state index in [0.29, 0.717) is 17.7 Å². The van der Waals surface area contributed by atoms with Crippen LogP contribution in [-0.2, 0) is 29.6 Å². The van der Waals surface area contributed by atoms with Crippen molar-refractivity contribution >= 4 is 29.4 Å². The summed E-state index contributed by atoms with van der Waals surface area (Å²) in [4.78, 5) is 40.6. The van der Waals surface area contributed by atoms with Gasteiger partial charge in [-0.05, 0) is 61.6 Å². The molecular formula is C31H26ClF4N5O4. The van der Waals surface area contributed by atoms with Gasteiger partial charge < -0.3 is 10.0 Å². The number of H-pyrrole nitrogens is 1. The lowest BCUT2D eigenvalue weighted by molar-refractivity contribution is -0.160. The van der Waals surface area contributed by atoms with Crippen LogP contribution in [0.4, 0.5) is 17.6 Å². The fraction of sp³-hybridized carbons (Fsp3) is 0.323. The van der Waals surface area contributed by atoms with Crippen LogP contribution >= 0.6 is 11.6 Å². The number of halogens is 5. The summed E-state index contributed by atoms with van der Waals surface area (Å²) in [5.41, 5.74) is -1.81. The van der Waals surface area contributed by atoms with Crippen molar-refractivity contribution in [2.45, 2.75) is 50.2 Å². The predicted octanol–water partition coefficient (Wildman–Crippen LogP) is 5.81. The number of carbonyl (C=O) groups is 3. The van der Waals surface area contributed by atoms with Gasteiger partial charge in [-0.25, -0.2) is 9.18 Å². The fourth-order valence-corrected chi connectivity index (χ4v) is 6.40. The lowest BCUT2D eigenvalue weighted by atomic mass is 9.84. The van der Waals surface area contributed by atoms with Gasteiger partial charge in [-0.2, -0.15) is 28.1 Å². The molecule has 1 saturated carbocycles. The number of rotatable bonds is 7. The summed E-state index contributed by atoms with van der Waals surface area (Å²) in [6, 6.07) is 8.89. The van der Waals surface area contributed by atoms with Gasteiger partial charge in [0.15, 0.2) is 0 Å². The van der Waals surface area contributed by atoms with E-state index in [9.17, 15) is 32.7 Å². The van der Waals surface area contributed by atoms with E-state index in [1.54, 1.807) is 19.3 Å². The molecule has 2 N–H and O–H groups in total. The second-order valence-corrected chi connectivity index (χ2v) is 11.9. The highest BCUT2D eigenvalue weighted by molar-refractivity contribution is 6.34. The number of benzene rings is 2. The first kappa shape index (κ1) is 30.5. The van der Waals surface area contributed by atoms with Crippen molar-refractivity contribution in [3.63, 3.8) is 0 Å². The molecule has 2 aliphatic carbocycles. The summed E-state index contributed by atoms with van der Waals surface area (Å²) in [5.74, 6) is -4.03. The lowest BCUT2D eigenvalue weighted by Gasteiger charge is -2.27. The minimum atomic E-state index is -4.63. The third-order valence-electron chi connectivity index (χ3n) is 8.66. The molecule has 1 fully saturated rings. The Morgan fingerprint density at radius 3 is 2.56 bits per heavy atom. The SMILES string of the molecule is CN(Cc1ccn[nH]1)C(=O)C1CCc2c(-c3ccc(C(=O)O)cc3F)nn(C(=O)c3c(Cl)cccc3C3(C(F)(F)F)CC3)c2C1. The number of carbonyl (C=O) groups excluding carboxylic acids is 2. The first-order chi connectivity index (χ1) is 21.3. The summed E-state index contributed by atoms with van der Waals surface area (Å²) < 4.78 is 58.9. The van der Waals surface area contributed by atoms with Gasteiger partial charge in [-0.3, -0.25) is 14.7 Å². The maximum absolute atomic E-state index is 15.3. The van der Waals surface area contributed by atoms with E-state index in [4.69, 9.17) is 11.6 Å². The van der Waals surface area contributed by atoms with E-state index >= 15 is 4.39 Å².